The molecule has 0 unspecified atom stereocenters. The van der Waals surface area contributed by atoms with E-state index in [-0.39, 0.29) is 11.8 Å². The summed E-state index contributed by atoms with van der Waals surface area (Å²) in [4.78, 5) is 36.9. The van der Waals surface area contributed by atoms with Crippen LogP contribution in [0.5, 0.6) is 11.5 Å². The minimum Gasteiger partial charge on any atom is -0.497 e. The van der Waals surface area contributed by atoms with Crippen LogP contribution in [0.15, 0.2) is 24.3 Å². The van der Waals surface area contributed by atoms with Gasteiger partial charge in [0.2, 0.25) is 11.8 Å². The Labute approximate surface area is 139 Å². The van der Waals surface area contributed by atoms with E-state index >= 15 is 0 Å². The largest absolute Gasteiger partial charge is 0.497 e. The summed E-state index contributed by atoms with van der Waals surface area (Å²) in [6, 6.07) is 6.69. The number of nitrogens with one attached hydrogen (secondary N) is 1. The first-order valence-corrected chi connectivity index (χ1v) is 8.00. The smallest absolute Gasteiger partial charge is 0.412 e. The van der Waals surface area contributed by atoms with Crippen LogP contribution in [0.4, 0.5) is 4.79 Å². The van der Waals surface area contributed by atoms with Crippen LogP contribution in [0.2, 0.25) is 0 Å². The van der Waals surface area contributed by atoms with Gasteiger partial charge in [-0.05, 0) is 43.5 Å². The first-order chi connectivity index (χ1) is 11.5. The lowest BCUT2D eigenvalue weighted by molar-refractivity contribution is -0.142. The van der Waals surface area contributed by atoms with Crippen molar-refractivity contribution in [3.63, 3.8) is 0 Å². The molecular formula is C17H20N2O5. The second-order valence-corrected chi connectivity index (χ2v) is 6.09. The Morgan fingerprint density at radius 3 is 2.29 bits per heavy atom. The van der Waals surface area contributed by atoms with Crippen LogP contribution < -0.4 is 14.8 Å². The molecule has 1 aromatic rings. The third-order valence-corrected chi connectivity index (χ3v) is 4.71. The first-order valence-electron chi connectivity index (χ1n) is 8.00. The highest BCUT2D eigenvalue weighted by molar-refractivity contribution is 5.99. The number of hydrogen-bond donors (Lipinski definition) is 1. The molecular weight excluding hydrogens is 312 g/mol. The number of carbonyl (C=O) groups excluding carboxylic acids is 3. The fraction of sp³-hybridized carbons (Fsp3) is 0.471. The van der Waals surface area contributed by atoms with Gasteiger partial charge in [0.05, 0.1) is 12.6 Å². The van der Waals surface area contributed by atoms with E-state index in [4.69, 9.17) is 9.47 Å². The van der Waals surface area contributed by atoms with Gasteiger partial charge in [-0.25, -0.2) is 4.79 Å². The molecule has 2 heterocycles. The quantitative estimate of drug-likeness (QED) is 0.832. The summed E-state index contributed by atoms with van der Waals surface area (Å²) in [5, 5.41) is 2.68. The second kappa shape index (κ2) is 6.51. The van der Waals surface area contributed by atoms with Crippen molar-refractivity contribution in [2.75, 3.05) is 13.7 Å². The standard InChI is InChI=1S/C17H20N2O5/c1-23-12-2-4-13(5-3-12)24-16(22)18-11-10-17-8-6-14(20)19(17)15(21)7-9-17/h2-5H,6-11H2,1H3,(H,18,22). The number of nitrogens with zero attached hydrogens (tertiary/aromatic N) is 1. The molecule has 0 radical (unpaired) electrons. The lowest BCUT2D eigenvalue weighted by atomic mass is 9.90. The Morgan fingerprint density at radius 2 is 1.71 bits per heavy atom. The highest BCUT2D eigenvalue weighted by Crippen LogP contribution is 2.42. The molecule has 7 heteroatoms. The zero-order chi connectivity index (χ0) is 17.2. The summed E-state index contributed by atoms with van der Waals surface area (Å²) in [6.07, 6.45) is 2.16. The maximum atomic E-state index is 11.8. The molecule has 3 amide bonds. The van der Waals surface area contributed by atoms with Gasteiger partial charge in [-0.3, -0.25) is 14.5 Å². The van der Waals surface area contributed by atoms with E-state index in [1.165, 1.54) is 4.90 Å². The molecule has 2 saturated heterocycles. The summed E-state index contributed by atoms with van der Waals surface area (Å²) in [5.74, 6) is 0.899. The Kier molecular flexibility index (Phi) is 4.42. The predicted octanol–water partition coefficient (Wildman–Crippen LogP) is 1.86. The Morgan fingerprint density at radius 1 is 1.12 bits per heavy atom. The number of imide groups is 1. The highest BCUT2D eigenvalue weighted by Gasteiger charge is 2.52. The van der Waals surface area contributed by atoms with Crippen molar-refractivity contribution in [3.05, 3.63) is 24.3 Å². The summed E-state index contributed by atoms with van der Waals surface area (Å²) in [7, 11) is 1.56. The van der Waals surface area contributed by atoms with E-state index in [0.29, 0.717) is 50.1 Å². The molecule has 3 rings (SSSR count). The van der Waals surface area contributed by atoms with Crippen LogP contribution in [-0.2, 0) is 9.59 Å². The van der Waals surface area contributed by atoms with Gasteiger partial charge in [0.25, 0.3) is 0 Å². The number of rotatable bonds is 5. The Hall–Kier alpha value is -2.57. The van der Waals surface area contributed by atoms with Crippen LogP contribution in [0.25, 0.3) is 0 Å². The van der Waals surface area contributed by atoms with Crippen molar-refractivity contribution in [1.29, 1.82) is 0 Å². The van der Waals surface area contributed by atoms with Crippen LogP contribution in [0.3, 0.4) is 0 Å². The van der Waals surface area contributed by atoms with E-state index in [0.717, 1.165) is 0 Å². The highest BCUT2D eigenvalue weighted by atomic mass is 16.6. The molecule has 0 aliphatic carbocycles. The van der Waals surface area contributed by atoms with Gasteiger partial charge >= 0.3 is 6.09 Å². The fourth-order valence-corrected chi connectivity index (χ4v) is 3.47. The Balaban J connectivity index is 1.50. The number of ether oxygens (including phenoxy) is 2. The molecule has 24 heavy (non-hydrogen) atoms. The summed E-state index contributed by atoms with van der Waals surface area (Å²) < 4.78 is 10.2. The van der Waals surface area contributed by atoms with E-state index in [2.05, 4.69) is 5.32 Å². The molecule has 0 spiro atoms. The number of carbonyl (C=O) groups is 3. The van der Waals surface area contributed by atoms with Crippen LogP contribution in [-0.4, -0.2) is 42.0 Å². The van der Waals surface area contributed by atoms with Crippen LogP contribution in [0.1, 0.15) is 32.1 Å². The van der Waals surface area contributed by atoms with Crippen molar-refractivity contribution in [3.8, 4) is 11.5 Å². The monoisotopic (exact) mass is 332 g/mol. The van der Waals surface area contributed by atoms with Crippen molar-refractivity contribution in [2.24, 2.45) is 0 Å². The molecule has 1 aromatic carbocycles. The van der Waals surface area contributed by atoms with Gasteiger partial charge in [-0.2, -0.15) is 0 Å². The fourth-order valence-electron chi connectivity index (χ4n) is 3.47. The van der Waals surface area contributed by atoms with Crippen LogP contribution in [0, 0.1) is 0 Å². The topological polar surface area (TPSA) is 84.9 Å². The van der Waals surface area contributed by atoms with Crippen molar-refractivity contribution < 1.29 is 23.9 Å². The molecule has 0 aromatic heterocycles. The predicted molar refractivity (Wildman–Crippen MR) is 84.7 cm³/mol. The van der Waals surface area contributed by atoms with Gasteiger partial charge < -0.3 is 14.8 Å². The molecule has 2 aliphatic heterocycles. The third-order valence-electron chi connectivity index (χ3n) is 4.71. The average molecular weight is 332 g/mol. The lowest BCUT2D eigenvalue weighted by Crippen LogP contribution is -2.45. The van der Waals surface area contributed by atoms with Crippen LogP contribution >= 0.6 is 0 Å². The number of benzene rings is 1. The summed E-state index contributed by atoms with van der Waals surface area (Å²) in [6.45, 7) is 0.353. The Bertz CT molecular complexity index is 635. The van der Waals surface area contributed by atoms with Gasteiger partial charge in [0.1, 0.15) is 11.5 Å². The van der Waals surface area contributed by atoms with Gasteiger partial charge in [0.15, 0.2) is 0 Å². The molecule has 2 aliphatic rings. The van der Waals surface area contributed by atoms with E-state index in [1.54, 1.807) is 31.4 Å². The third kappa shape index (κ3) is 3.06. The van der Waals surface area contributed by atoms with Crippen molar-refractivity contribution in [2.45, 2.75) is 37.6 Å². The molecule has 1 N–H and O–H groups in total. The lowest BCUT2D eigenvalue weighted by Gasteiger charge is -2.30. The molecule has 0 bridgehead atoms. The molecule has 7 nitrogen and oxygen atoms in total. The maximum Gasteiger partial charge on any atom is 0.412 e. The maximum absolute atomic E-state index is 11.8. The van der Waals surface area contributed by atoms with Crippen molar-refractivity contribution in [1.82, 2.24) is 10.2 Å². The first kappa shape index (κ1) is 16.3. The number of hydrogen-bond acceptors (Lipinski definition) is 5. The molecule has 0 atom stereocenters. The summed E-state index contributed by atoms with van der Waals surface area (Å²) in [5.41, 5.74) is -0.415. The zero-order valence-corrected chi connectivity index (χ0v) is 13.5. The number of methoxy groups -OCH3 is 1. The van der Waals surface area contributed by atoms with Gasteiger partial charge in [-0.1, -0.05) is 0 Å². The zero-order valence-electron chi connectivity index (χ0n) is 13.5. The minimum absolute atomic E-state index is 0.0988. The molecule has 0 saturated carbocycles. The number of amides is 3. The van der Waals surface area contributed by atoms with E-state index in [9.17, 15) is 14.4 Å². The normalized spacial score (nSPS) is 18.5. The van der Waals surface area contributed by atoms with Crippen molar-refractivity contribution >= 4 is 17.9 Å². The SMILES string of the molecule is COc1ccc(OC(=O)NCCC23CCC(=O)N2C(=O)CC3)cc1. The second-order valence-electron chi connectivity index (χ2n) is 6.09. The van der Waals surface area contributed by atoms with E-state index < -0.39 is 11.6 Å². The number of fused-ring (bicyclic) bond motifs is 1. The average Bonchev–Trinajstić information content (AvgIpc) is 3.07. The molecule has 128 valence electrons. The molecule has 2 fully saturated rings. The van der Waals surface area contributed by atoms with Gasteiger partial charge in [-0.15, -0.1) is 0 Å². The van der Waals surface area contributed by atoms with E-state index in [1.807, 2.05) is 0 Å². The minimum atomic E-state index is -0.559. The summed E-state index contributed by atoms with van der Waals surface area (Å²) >= 11 is 0. The van der Waals surface area contributed by atoms with Gasteiger partial charge in [0, 0.05) is 19.4 Å².